The number of hydrogen-bond donors (Lipinski definition) is 0. The van der Waals surface area contributed by atoms with Crippen molar-refractivity contribution in [3.63, 3.8) is 0 Å². The molecule has 1 heterocycles. The fraction of sp³-hybridized carbons (Fsp3) is 0.176. The van der Waals surface area contributed by atoms with Crippen molar-refractivity contribution in [3.8, 4) is 0 Å². The maximum absolute atomic E-state index is 12.2. The number of hydrogen-bond acceptors (Lipinski definition) is 4. The lowest BCUT2D eigenvalue weighted by Crippen LogP contribution is -2.08. The van der Waals surface area contributed by atoms with Crippen LogP contribution in [0.5, 0.6) is 0 Å². The standard InChI is InChI=1S/C17H14O4/c1-20-17(19)13-9-7-12(8-10-13)15-16(21-15)14(18)11-5-3-2-4-6-11/h2-10,15-16H,1H3/t15-,16-/m1/s1. The van der Waals surface area contributed by atoms with Crippen LogP contribution in [0, 0.1) is 0 Å². The van der Waals surface area contributed by atoms with Crippen molar-refractivity contribution in [3.05, 3.63) is 71.3 Å². The third-order valence-electron chi connectivity index (χ3n) is 3.47. The van der Waals surface area contributed by atoms with Crippen LogP contribution in [0.3, 0.4) is 0 Å². The van der Waals surface area contributed by atoms with Crippen molar-refractivity contribution in [2.75, 3.05) is 7.11 Å². The van der Waals surface area contributed by atoms with Gasteiger partial charge < -0.3 is 9.47 Å². The molecule has 1 saturated heterocycles. The van der Waals surface area contributed by atoms with Gasteiger partial charge in [-0.1, -0.05) is 42.5 Å². The first-order chi connectivity index (χ1) is 10.2. The Bertz CT molecular complexity index is 661. The largest absolute Gasteiger partial charge is 0.465 e. The number of ketones is 1. The second kappa shape index (κ2) is 5.50. The van der Waals surface area contributed by atoms with E-state index in [2.05, 4.69) is 4.74 Å². The molecule has 0 aromatic heterocycles. The minimum Gasteiger partial charge on any atom is -0.465 e. The van der Waals surface area contributed by atoms with Gasteiger partial charge in [0.2, 0.25) is 0 Å². The lowest BCUT2D eigenvalue weighted by atomic mass is 10.0. The molecule has 0 saturated carbocycles. The third-order valence-corrected chi connectivity index (χ3v) is 3.47. The minimum absolute atomic E-state index is 0.0161. The van der Waals surface area contributed by atoms with Crippen molar-refractivity contribution in [2.24, 2.45) is 0 Å². The van der Waals surface area contributed by atoms with Gasteiger partial charge in [0.25, 0.3) is 0 Å². The molecule has 2 aromatic carbocycles. The summed E-state index contributed by atoms with van der Waals surface area (Å²) in [5.74, 6) is -0.396. The van der Waals surface area contributed by atoms with E-state index in [4.69, 9.17) is 4.74 Å². The summed E-state index contributed by atoms with van der Waals surface area (Å²) in [6, 6.07) is 16.0. The second-order valence-electron chi connectivity index (χ2n) is 4.82. The zero-order chi connectivity index (χ0) is 14.8. The van der Waals surface area contributed by atoms with Crippen LogP contribution < -0.4 is 0 Å². The number of epoxide rings is 1. The number of carbonyl (C=O) groups excluding carboxylic acids is 2. The van der Waals surface area contributed by atoms with Crippen molar-refractivity contribution < 1.29 is 19.1 Å². The van der Waals surface area contributed by atoms with Crippen LogP contribution in [-0.2, 0) is 9.47 Å². The molecule has 2 atom stereocenters. The molecule has 0 spiro atoms. The van der Waals surface area contributed by atoms with Crippen LogP contribution >= 0.6 is 0 Å². The van der Waals surface area contributed by atoms with Crippen molar-refractivity contribution in [1.29, 1.82) is 0 Å². The van der Waals surface area contributed by atoms with Gasteiger partial charge >= 0.3 is 5.97 Å². The Morgan fingerprint density at radius 3 is 2.24 bits per heavy atom. The third kappa shape index (κ3) is 2.71. The summed E-state index contributed by atoms with van der Waals surface area (Å²) in [6.07, 6.45) is -0.666. The molecule has 1 aliphatic rings. The van der Waals surface area contributed by atoms with Gasteiger partial charge in [0, 0.05) is 5.56 Å². The summed E-state index contributed by atoms with van der Waals surface area (Å²) < 4.78 is 10.1. The predicted octanol–water partition coefficient (Wildman–Crippen LogP) is 2.80. The van der Waals surface area contributed by atoms with Gasteiger partial charge in [-0.25, -0.2) is 4.79 Å². The molecule has 21 heavy (non-hydrogen) atoms. The van der Waals surface area contributed by atoms with E-state index < -0.39 is 6.10 Å². The summed E-state index contributed by atoms with van der Waals surface area (Å²) in [4.78, 5) is 23.6. The van der Waals surface area contributed by atoms with E-state index in [9.17, 15) is 9.59 Å². The quantitative estimate of drug-likeness (QED) is 0.491. The predicted molar refractivity (Wildman–Crippen MR) is 76.2 cm³/mol. The molecule has 1 aliphatic heterocycles. The molecule has 2 aromatic rings. The SMILES string of the molecule is COC(=O)c1ccc([C@H]2O[C@@H]2C(=O)c2ccccc2)cc1. The first kappa shape index (κ1) is 13.5. The summed E-state index contributed by atoms with van der Waals surface area (Å²) in [6.45, 7) is 0. The molecular formula is C17H14O4. The van der Waals surface area contributed by atoms with Gasteiger partial charge in [0.05, 0.1) is 12.7 Å². The summed E-state index contributed by atoms with van der Waals surface area (Å²) in [5, 5.41) is 0. The van der Waals surface area contributed by atoms with Crippen molar-refractivity contribution >= 4 is 11.8 Å². The van der Waals surface area contributed by atoms with Gasteiger partial charge in [0.15, 0.2) is 11.9 Å². The molecule has 0 radical (unpaired) electrons. The average molecular weight is 282 g/mol. The van der Waals surface area contributed by atoms with Gasteiger partial charge in [0.1, 0.15) is 6.10 Å². The first-order valence-corrected chi connectivity index (χ1v) is 6.63. The smallest absolute Gasteiger partial charge is 0.337 e. The highest BCUT2D eigenvalue weighted by Gasteiger charge is 2.46. The second-order valence-corrected chi connectivity index (χ2v) is 4.82. The zero-order valence-corrected chi connectivity index (χ0v) is 11.5. The highest BCUT2D eigenvalue weighted by Crippen LogP contribution is 2.40. The van der Waals surface area contributed by atoms with Gasteiger partial charge in [-0.05, 0) is 17.7 Å². The van der Waals surface area contributed by atoms with Crippen LogP contribution in [0.4, 0.5) is 0 Å². The van der Waals surface area contributed by atoms with Crippen LogP contribution in [0.1, 0.15) is 32.4 Å². The molecular weight excluding hydrogens is 268 g/mol. The summed E-state index contributed by atoms with van der Waals surface area (Å²) in [5.41, 5.74) is 2.01. The van der Waals surface area contributed by atoms with E-state index in [0.717, 1.165) is 5.56 Å². The van der Waals surface area contributed by atoms with Gasteiger partial charge in [-0.15, -0.1) is 0 Å². The van der Waals surface area contributed by atoms with Crippen LogP contribution in [0.2, 0.25) is 0 Å². The van der Waals surface area contributed by atoms with Crippen molar-refractivity contribution in [2.45, 2.75) is 12.2 Å². The highest BCUT2D eigenvalue weighted by molar-refractivity contribution is 6.01. The maximum Gasteiger partial charge on any atom is 0.337 e. The molecule has 0 N–H and O–H groups in total. The monoisotopic (exact) mass is 282 g/mol. The Morgan fingerprint density at radius 1 is 0.952 bits per heavy atom. The Kier molecular flexibility index (Phi) is 3.54. The van der Waals surface area contributed by atoms with Crippen LogP contribution in [0.15, 0.2) is 54.6 Å². The number of carbonyl (C=O) groups is 2. The molecule has 0 unspecified atom stereocenters. The van der Waals surface area contributed by atoms with Gasteiger partial charge in [-0.2, -0.15) is 0 Å². The molecule has 4 heteroatoms. The molecule has 106 valence electrons. The van der Waals surface area contributed by atoms with Gasteiger partial charge in [-0.3, -0.25) is 4.79 Å². The normalized spacial score (nSPS) is 19.9. The fourth-order valence-corrected chi connectivity index (χ4v) is 2.26. The molecule has 0 bridgehead atoms. The van der Waals surface area contributed by atoms with E-state index in [1.54, 1.807) is 36.4 Å². The van der Waals surface area contributed by atoms with E-state index in [1.807, 2.05) is 18.2 Å². The number of benzene rings is 2. The van der Waals surface area contributed by atoms with E-state index >= 15 is 0 Å². The number of Topliss-reactive ketones (excluding diaryl/α,β-unsaturated/α-hetero) is 1. The molecule has 3 rings (SSSR count). The number of rotatable bonds is 4. The summed E-state index contributed by atoms with van der Waals surface area (Å²) >= 11 is 0. The lowest BCUT2D eigenvalue weighted by Gasteiger charge is -2.00. The van der Waals surface area contributed by atoms with E-state index in [-0.39, 0.29) is 17.9 Å². The Morgan fingerprint density at radius 2 is 1.62 bits per heavy atom. The highest BCUT2D eigenvalue weighted by atomic mass is 16.6. The average Bonchev–Trinajstić information content (AvgIpc) is 3.35. The zero-order valence-electron chi connectivity index (χ0n) is 11.5. The number of methoxy groups -OCH3 is 1. The lowest BCUT2D eigenvalue weighted by molar-refractivity contribution is 0.0600. The van der Waals surface area contributed by atoms with E-state index in [1.165, 1.54) is 7.11 Å². The number of ether oxygens (including phenoxy) is 2. The Labute approximate surface area is 122 Å². The first-order valence-electron chi connectivity index (χ1n) is 6.63. The molecule has 1 fully saturated rings. The fourth-order valence-electron chi connectivity index (χ4n) is 2.26. The summed E-state index contributed by atoms with van der Waals surface area (Å²) in [7, 11) is 1.34. The Hall–Kier alpha value is -2.46. The van der Waals surface area contributed by atoms with Crippen LogP contribution in [0.25, 0.3) is 0 Å². The van der Waals surface area contributed by atoms with Crippen LogP contribution in [-0.4, -0.2) is 25.0 Å². The van der Waals surface area contributed by atoms with Crippen molar-refractivity contribution in [1.82, 2.24) is 0 Å². The van der Waals surface area contributed by atoms with E-state index in [0.29, 0.717) is 11.1 Å². The number of esters is 1. The molecule has 0 aliphatic carbocycles. The molecule has 4 nitrogen and oxygen atoms in total. The molecule has 0 amide bonds. The topological polar surface area (TPSA) is 55.9 Å². The minimum atomic E-state index is -0.434. The Balaban J connectivity index is 1.70. The maximum atomic E-state index is 12.2.